The molecule has 96 valence electrons. The molecule has 0 aliphatic heterocycles. The smallest absolute Gasteiger partial charge is 0.335 e. The van der Waals surface area contributed by atoms with Gasteiger partial charge in [0.15, 0.2) is 5.16 Å². The summed E-state index contributed by atoms with van der Waals surface area (Å²) < 4.78 is 0. The molecule has 0 amide bonds. The molecule has 2 rings (SSSR count). The third kappa shape index (κ3) is 2.81. The van der Waals surface area contributed by atoms with Gasteiger partial charge < -0.3 is 20.3 Å². The van der Waals surface area contributed by atoms with Crippen LogP contribution >= 0.6 is 11.8 Å². The van der Waals surface area contributed by atoms with Crippen molar-refractivity contribution in [2.45, 2.75) is 11.3 Å². The summed E-state index contributed by atoms with van der Waals surface area (Å²) in [7, 11) is 0. The number of H-pyrrole nitrogens is 1. The van der Waals surface area contributed by atoms with Crippen LogP contribution < -0.4 is 0 Å². The molecule has 1 unspecified atom stereocenters. The summed E-state index contributed by atoms with van der Waals surface area (Å²) in [5.41, 5.74) is 1.50. The van der Waals surface area contributed by atoms with Gasteiger partial charge in [0.2, 0.25) is 0 Å². The van der Waals surface area contributed by atoms with E-state index in [4.69, 9.17) is 10.2 Å². The Morgan fingerprint density at radius 2 is 2.28 bits per heavy atom. The maximum atomic E-state index is 10.8. The second-order valence-electron chi connectivity index (χ2n) is 3.73. The largest absolute Gasteiger partial charge is 0.478 e. The Hall–Kier alpha value is -1.57. The van der Waals surface area contributed by atoms with Gasteiger partial charge in [-0.15, -0.1) is 0 Å². The highest BCUT2D eigenvalue weighted by Crippen LogP contribution is 2.21. The number of benzene rings is 1. The van der Waals surface area contributed by atoms with Gasteiger partial charge in [-0.3, -0.25) is 0 Å². The number of nitrogens with zero attached hydrogens (tertiary/aromatic N) is 1. The quantitative estimate of drug-likeness (QED) is 0.595. The summed E-state index contributed by atoms with van der Waals surface area (Å²) in [6, 6.07) is 4.63. The fraction of sp³-hybridized carbons (Fsp3) is 0.273. The minimum atomic E-state index is -0.989. The summed E-state index contributed by atoms with van der Waals surface area (Å²) in [5.74, 6) is -0.668. The average Bonchev–Trinajstić information content (AvgIpc) is 2.77. The van der Waals surface area contributed by atoms with Crippen molar-refractivity contribution in [2.24, 2.45) is 0 Å². The molecule has 2 aromatic rings. The van der Waals surface area contributed by atoms with E-state index in [1.54, 1.807) is 6.07 Å². The van der Waals surface area contributed by atoms with Crippen LogP contribution in [-0.2, 0) is 0 Å². The molecule has 1 aromatic carbocycles. The maximum Gasteiger partial charge on any atom is 0.335 e. The lowest BCUT2D eigenvalue weighted by molar-refractivity contribution is 0.0697. The number of aromatic amines is 1. The molecule has 6 nitrogen and oxygen atoms in total. The molecule has 7 heteroatoms. The topological polar surface area (TPSA) is 106 Å². The van der Waals surface area contributed by atoms with Crippen LogP contribution in [0.3, 0.4) is 0 Å². The van der Waals surface area contributed by atoms with E-state index in [-0.39, 0.29) is 12.2 Å². The number of aromatic nitrogens is 2. The van der Waals surface area contributed by atoms with Crippen LogP contribution in [0.5, 0.6) is 0 Å². The molecule has 4 N–H and O–H groups in total. The predicted molar refractivity (Wildman–Crippen MR) is 66.9 cm³/mol. The minimum absolute atomic E-state index is 0.193. The Bertz CT molecular complexity index is 569. The van der Waals surface area contributed by atoms with Gasteiger partial charge in [0, 0.05) is 5.75 Å². The van der Waals surface area contributed by atoms with Gasteiger partial charge >= 0.3 is 5.97 Å². The number of carbonyl (C=O) groups is 1. The molecule has 0 aliphatic rings. The standard InChI is InChI=1S/C11H12N2O4S/c14-4-7(15)5-18-11-12-8-2-1-6(10(16)17)3-9(8)13-11/h1-3,7,14-15H,4-5H2,(H,12,13)(H,16,17). The van der Waals surface area contributed by atoms with Crippen LogP contribution in [0.4, 0.5) is 0 Å². The molecule has 0 saturated heterocycles. The third-order valence-corrected chi connectivity index (χ3v) is 3.35. The van der Waals surface area contributed by atoms with Gasteiger partial charge in [-0.2, -0.15) is 0 Å². The van der Waals surface area contributed by atoms with Crippen molar-refractivity contribution >= 4 is 28.8 Å². The van der Waals surface area contributed by atoms with E-state index in [2.05, 4.69) is 9.97 Å². The van der Waals surface area contributed by atoms with E-state index in [0.717, 1.165) is 0 Å². The Balaban J connectivity index is 2.19. The van der Waals surface area contributed by atoms with E-state index < -0.39 is 12.1 Å². The van der Waals surface area contributed by atoms with Gasteiger partial charge in [-0.25, -0.2) is 9.78 Å². The van der Waals surface area contributed by atoms with Crippen LogP contribution in [0.15, 0.2) is 23.4 Å². The van der Waals surface area contributed by atoms with Gasteiger partial charge in [0.05, 0.1) is 29.3 Å². The summed E-state index contributed by atoms with van der Waals surface area (Å²) >= 11 is 1.27. The first-order valence-corrected chi connectivity index (χ1v) is 6.23. The fourth-order valence-corrected chi connectivity index (χ4v) is 2.22. The summed E-state index contributed by atoms with van der Waals surface area (Å²) in [6.45, 7) is -0.295. The van der Waals surface area contributed by atoms with Crippen molar-refractivity contribution in [1.29, 1.82) is 0 Å². The van der Waals surface area contributed by atoms with Crippen molar-refractivity contribution in [1.82, 2.24) is 9.97 Å². The number of imidazole rings is 1. The third-order valence-electron chi connectivity index (χ3n) is 2.33. The lowest BCUT2D eigenvalue weighted by atomic mass is 10.2. The van der Waals surface area contributed by atoms with Gasteiger partial charge in [0.25, 0.3) is 0 Å². The van der Waals surface area contributed by atoms with Crippen molar-refractivity contribution < 1.29 is 20.1 Å². The lowest BCUT2D eigenvalue weighted by Gasteiger charge is -2.03. The van der Waals surface area contributed by atoms with E-state index >= 15 is 0 Å². The number of hydrogen-bond donors (Lipinski definition) is 4. The highest BCUT2D eigenvalue weighted by Gasteiger charge is 2.09. The van der Waals surface area contributed by atoms with Crippen LogP contribution in [-0.4, -0.2) is 49.7 Å². The van der Waals surface area contributed by atoms with Crippen LogP contribution in [0, 0.1) is 0 Å². The number of aromatic carboxylic acids is 1. The predicted octanol–water partition coefficient (Wildman–Crippen LogP) is 0.706. The molecule has 0 aliphatic carbocycles. The number of hydrogen-bond acceptors (Lipinski definition) is 5. The number of rotatable bonds is 5. The van der Waals surface area contributed by atoms with Gasteiger partial charge in [-0.05, 0) is 18.2 Å². The zero-order valence-corrected chi connectivity index (χ0v) is 10.1. The highest BCUT2D eigenvalue weighted by molar-refractivity contribution is 7.99. The van der Waals surface area contributed by atoms with E-state index in [1.165, 1.54) is 23.9 Å². The second kappa shape index (κ2) is 5.38. The van der Waals surface area contributed by atoms with Crippen molar-refractivity contribution in [3.05, 3.63) is 23.8 Å². The summed E-state index contributed by atoms with van der Waals surface area (Å²) in [6.07, 6.45) is -0.794. The maximum absolute atomic E-state index is 10.8. The average molecular weight is 268 g/mol. The second-order valence-corrected chi connectivity index (χ2v) is 4.74. The number of fused-ring (bicyclic) bond motifs is 1. The molecule has 1 heterocycles. The lowest BCUT2D eigenvalue weighted by Crippen LogP contribution is -2.14. The zero-order chi connectivity index (χ0) is 13.1. The van der Waals surface area contributed by atoms with Crippen LogP contribution in [0.25, 0.3) is 11.0 Å². The Labute approximate surface area is 107 Å². The molecule has 1 aromatic heterocycles. The molecule has 0 radical (unpaired) electrons. The number of aliphatic hydroxyl groups is 2. The van der Waals surface area contributed by atoms with Crippen LogP contribution in [0.1, 0.15) is 10.4 Å². The number of carboxylic acid groups (broad SMARTS) is 1. The molecule has 18 heavy (non-hydrogen) atoms. The highest BCUT2D eigenvalue weighted by atomic mass is 32.2. The summed E-state index contributed by atoms with van der Waals surface area (Å²) in [4.78, 5) is 18.0. The first-order valence-electron chi connectivity index (χ1n) is 5.25. The van der Waals surface area contributed by atoms with Crippen molar-refractivity contribution in [3.8, 4) is 0 Å². The fourth-order valence-electron chi connectivity index (χ4n) is 1.42. The Morgan fingerprint density at radius 1 is 1.50 bits per heavy atom. The van der Waals surface area contributed by atoms with Crippen LogP contribution in [0.2, 0.25) is 0 Å². The Morgan fingerprint density at radius 3 is 2.94 bits per heavy atom. The molecular formula is C11H12N2O4S. The number of thioether (sulfide) groups is 1. The SMILES string of the molecule is O=C(O)c1ccc2nc(SCC(O)CO)[nH]c2c1. The molecule has 0 bridgehead atoms. The number of carboxylic acids is 1. The van der Waals surface area contributed by atoms with Gasteiger partial charge in [-0.1, -0.05) is 11.8 Å². The zero-order valence-electron chi connectivity index (χ0n) is 9.33. The van der Waals surface area contributed by atoms with Crippen molar-refractivity contribution in [3.63, 3.8) is 0 Å². The number of aliphatic hydroxyl groups excluding tert-OH is 2. The Kier molecular flexibility index (Phi) is 3.85. The molecule has 0 saturated carbocycles. The normalized spacial score (nSPS) is 12.8. The minimum Gasteiger partial charge on any atom is -0.478 e. The summed E-state index contributed by atoms with van der Waals surface area (Å²) in [5, 5.41) is 27.4. The van der Waals surface area contributed by atoms with Crippen molar-refractivity contribution in [2.75, 3.05) is 12.4 Å². The molecular weight excluding hydrogens is 256 g/mol. The van der Waals surface area contributed by atoms with Gasteiger partial charge in [0.1, 0.15) is 0 Å². The van der Waals surface area contributed by atoms with E-state index in [1.807, 2.05) is 0 Å². The molecule has 0 fully saturated rings. The molecule has 0 spiro atoms. The molecule has 1 atom stereocenters. The van der Waals surface area contributed by atoms with E-state index in [0.29, 0.717) is 21.9 Å². The first kappa shape index (κ1) is 12.9. The van der Waals surface area contributed by atoms with E-state index in [9.17, 15) is 9.90 Å². The monoisotopic (exact) mass is 268 g/mol. The number of nitrogens with one attached hydrogen (secondary N) is 1. The first-order chi connectivity index (χ1) is 8.60.